The smallest absolute Gasteiger partial charge is 0.232 e. The minimum absolute atomic E-state index is 0.0266. The molecule has 6 heteroatoms. The molecule has 0 bridgehead atoms. The molecule has 1 saturated heterocycles. The summed E-state index contributed by atoms with van der Waals surface area (Å²) < 4.78 is 25.8. The number of amides is 1. The SMILES string of the molecule is CCS(=O)(=O)Nc1ccc(C)c(N2CCCCC2=O)c1. The van der Waals surface area contributed by atoms with E-state index in [4.69, 9.17) is 0 Å². The molecule has 1 amide bonds. The number of aryl methyl sites for hydroxylation is 1. The van der Waals surface area contributed by atoms with Gasteiger partial charge in [-0.2, -0.15) is 0 Å². The van der Waals surface area contributed by atoms with E-state index in [0.717, 1.165) is 24.1 Å². The Labute approximate surface area is 120 Å². The van der Waals surface area contributed by atoms with Crippen molar-refractivity contribution in [2.24, 2.45) is 0 Å². The van der Waals surface area contributed by atoms with Gasteiger partial charge in [-0.15, -0.1) is 0 Å². The highest BCUT2D eigenvalue weighted by Gasteiger charge is 2.21. The van der Waals surface area contributed by atoms with Crippen LogP contribution in [-0.4, -0.2) is 26.6 Å². The number of rotatable bonds is 4. The first-order valence-electron chi connectivity index (χ1n) is 6.84. The van der Waals surface area contributed by atoms with E-state index in [2.05, 4.69) is 4.72 Å². The monoisotopic (exact) mass is 296 g/mol. The lowest BCUT2D eigenvalue weighted by Gasteiger charge is -2.28. The number of nitrogens with one attached hydrogen (secondary N) is 1. The highest BCUT2D eigenvalue weighted by Crippen LogP contribution is 2.28. The van der Waals surface area contributed by atoms with E-state index >= 15 is 0 Å². The normalized spacial score (nSPS) is 16.3. The zero-order valence-corrected chi connectivity index (χ0v) is 12.7. The van der Waals surface area contributed by atoms with Crippen molar-refractivity contribution in [3.05, 3.63) is 23.8 Å². The van der Waals surface area contributed by atoms with Gasteiger partial charge in [0.1, 0.15) is 0 Å². The Balaban J connectivity index is 2.31. The highest BCUT2D eigenvalue weighted by molar-refractivity contribution is 7.92. The first-order chi connectivity index (χ1) is 9.43. The molecule has 0 aliphatic carbocycles. The summed E-state index contributed by atoms with van der Waals surface area (Å²) in [5.74, 6) is 0.133. The van der Waals surface area contributed by atoms with Crippen LogP contribution in [-0.2, 0) is 14.8 Å². The zero-order valence-electron chi connectivity index (χ0n) is 11.8. The Morgan fingerprint density at radius 3 is 2.70 bits per heavy atom. The van der Waals surface area contributed by atoms with Crippen LogP contribution in [0.1, 0.15) is 31.7 Å². The standard InChI is InChI=1S/C14H20N2O3S/c1-3-20(18,19)15-12-8-7-11(2)13(10-12)16-9-5-4-6-14(16)17/h7-8,10,15H,3-6,9H2,1-2H3. The molecule has 20 heavy (non-hydrogen) atoms. The van der Waals surface area contributed by atoms with Gasteiger partial charge < -0.3 is 4.90 Å². The fraction of sp³-hybridized carbons (Fsp3) is 0.500. The van der Waals surface area contributed by atoms with Crippen LogP contribution < -0.4 is 9.62 Å². The molecule has 0 atom stereocenters. The fourth-order valence-corrected chi connectivity index (χ4v) is 2.91. The Morgan fingerprint density at radius 2 is 2.05 bits per heavy atom. The highest BCUT2D eigenvalue weighted by atomic mass is 32.2. The van der Waals surface area contributed by atoms with E-state index in [0.29, 0.717) is 18.7 Å². The topological polar surface area (TPSA) is 66.5 Å². The van der Waals surface area contributed by atoms with Crippen molar-refractivity contribution in [3.8, 4) is 0 Å². The fourth-order valence-electron chi connectivity index (χ4n) is 2.28. The summed E-state index contributed by atoms with van der Waals surface area (Å²) in [5.41, 5.74) is 2.27. The Kier molecular flexibility index (Phi) is 4.32. The molecule has 1 N–H and O–H groups in total. The summed E-state index contributed by atoms with van der Waals surface area (Å²) in [6.07, 6.45) is 2.47. The molecule has 2 rings (SSSR count). The van der Waals surface area contributed by atoms with E-state index in [-0.39, 0.29) is 11.7 Å². The third-order valence-corrected chi connectivity index (χ3v) is 4.78. The van der Waals surface area contributed by atoms with Gasteiger partial charge in [0.15, 0.2) is 0 Å². The van der Waals surface area contributed by atoms with Crippen LogP contribution in [0, 0.1) is 6.92 Å². The van der Waals surface area contributed by atoms with E-state index < -0.39 is 10.0 Å². The molecule has 0 unspecified atom stereocenters. The van der Waals surface area contributed by atoms with Crippen LogP contribution in [0.2, 0.25) is 0 Å². The van der Waals surface area contributed by atoms with E-state index in [1.54, 1.807) is 24.0 Å². The quantitative estimate of drug-likeness (QED) is 0.927. The second-order valence-corrected chi connectivity index (χ2v) is 7.02. The maximum atomic E-state index is 12.0. The van der Waals surface area contributed by atoms with Gasteiger partial charge in [-0.25, -0.2) is 8.42 Å². The van der Waals surface area contributed by atoms with Gasteiger partial charge in [0, 0.05) is 18.7 Å². The van der Waals surface area contributed by atoms with Crippen molar-refractivity contribution in [2.75, 3.05) is 21.9 Å². The number of carbonyl (C=O) groups excluding carboxylic acids is 1. The maximum Gasteiger partial charge on any atom is 0.232 e. The van der Waals surface area contributed by atoms with E-state index in [1.165, 1.54) is 0 Å². The molecule has 1 aromatic rings. The summed E-state index contributed by atoms with van der Waals surface area (Å²) in [4.78, 5) is 13.7. The summed E-state index contributed by atoms with van der Waals surface area (Å²) in [6.45, 7) is 4.21. The zero-order chi connectivity index (χ0) is 14.8. The lowest BCUT2D eigenvalue weighted by Crippen LogP contribution is -2.35. The Bertz CT molecular complexity index is 611. The summed E-state index contributed by atoms with van der Waals surface area (Å²) in [6, 6.07) is 5.30. The molecule has 1 aromatic carbocycles. The molecule has 1 fully saturated rings. The van der Waals surface area contributed by atoms with Gasteiger partial charge in [-0.3, -0.25) is 9.52 Å². The molecule has 0 saturated carbocycles. The predicted octanol–water partition coefficient (Wildman–Crippen LogP) is 2.27. The van der Waals surface area contributed by atoms with Crippen molar-refractivity contribution >= 4 is 27.3 Å². The van der Waals surface area contributed by atoms with Crippen LogP contribution in [0.15, 0.2) is 18.2 Å². The number of sulfonamides is 1. The number of hydrogen-bond acceptors (Lipinski definition) is 3. The van der Waals surface area contributed by atoms with Gasteiger partial charge in [0.25, 0.3) is 0 Å². The van der Waals surface area contributed by atoms with Gasteiger partial charge in [-0.1, -0.05) is 6.07 Å². The molecule has 1 aliphatic rings. The average molecular weight is 296 g/mol. The van der Waals surface area contributed by atoms with Crippen molar-refractivity contribution in [1.82, 2.24) is 0 Å². The predicted molar refractivity (Wildman–Crippen MR) is 80.5 cm³/mol. The van der Waals surface area contributed by atoms with Crippen LogP contribution in [0.3, 0.4) is 0 Å². The van der Waals surface area contributed by atoms with Crippen molar-refractivity contribution in [1.29, 1.82) is 0 Å². The number of nitrogens with zero attached hydrogens (tertiary/aromatic N) is 1. The summed E-state index contributed by atoms with van der Waals surface area (Å²) in [7, 11) is -3.30. The summed E-state index contributed by atoms with van der Waals surface area (Å²) >= 11 is 0. The molecular formula is C14H20N2O3S. The Hall–Kier alpha value is -1.56. The van der Waals surface area contributed by atoms with Gasteiger partial charge in [0.2, 0.25) is 15.9 Å². The number of benzene rings is 1. The molecule has 110 valence electrons. The van der Waals surface area contributed by atoms with Crippen molar-refractivity contribution < 1.29 is 13.2 Å². The third-order valence-electron chi connectivity index (χ3n) is 3.48. The molecule has 0 aromatic heterocycles. The second-order valence-electron chi connectivity index (χ2n) is 5.01. The minimum atomic E-state index is -3.30. The minimum Gasteiger partial charge on any atom is -0.312 e. The van der Waals surface area contributed by atoms with Crippen molar-refractivity contribution in [3.63, 3.8) is 0 Å². The number of piperidine rings is 1. The van der Waals surface area contributed by atoms with Crippen LogP contribution in [0.5, 0.6) is 0 Å². The van der Waals surface area contributed by atoms with Gasteiger partial charge in [0.05, 0.1) is 11.4 Å². The molecule has 1 aliphatic heterocycles. The lowest BCUT2D eigenvalue weighted by atomic mass is 10.1. The van der Waals surface area contributed by atoms with Crippen LogP contribution in [0.4, 0.5) is 11.4 Å². The number of carbonyl (C=O) groups is 1. The Morgan fingerprint density at radius 1 is 1.30 bits per heavy atom. The molecular weight excluding hydrogens is 276 g/mol. The summed E-state index contributed by atoms with van der Waals surface area (Å²) in [5, 5.41) is 0. The third kappa shape index (κ3) is 3.30. The molecule has 0 spiro atoms. The van der Waals surface area contributed by atoms with Crippen molar-refractivity contribution in [2.45, 2.75) is 33.1 Å². The average Bonchev–Trinajstić information content (AvgIpc) is 2.42. The molecule has 1 heterocycles. The van der Waals surface area contributed by atoms with E-state index in [9.17, 15) is 13.2 Å². The van der Waals surface area contributed by atoms with Gasteiger partial charge in [-0.05, 0) is 44.4 Å². The first kappa shape index (κ1) is 14.8. The maximum absolute atomic E-state index is 12.0. The molecule has 5 nitrogen and oxygen atoms in total. The van der Waals surface area contributed by atoms with E-state index in [1.807, 2.05) is 13.0 Å². The second kappa shape index (κ2) is 5.83. The van der Waals surface area contributed by atoms with Crippen LogP contribution in [0.25, 0.3) is 0 Å². The lowest BCUT2D eigenvalue weighted by molar-refractivity contribution is -0.119. The first-order valence-corrected chi connectivity index (χ1v) is 8.49. The number of anilines is 2. The van der Waals surface area contributed by atoms with Crippen LogP contribution >= 0.6 is 0 Å². The van der Waals surface area contributed by atoms with Gasteiger partial charge >= 0.3 is 0 Å². The number of hydrogen-bond donors (Lipinski definition) is 1. The largest absolute Gasteiger partial charge is 0.312 e. The molecule has 0 radical (unpaired) electrons.